The molecule has 0 radical (unpaired) electrons. The smallest absolute Gasteiger partial charge is 0.293 e. The van der Waals surface area contributed by atoms with Gasteiger partial charge >= 0.3 is 0 Å². The second-order valence-corrected chi connectivity index (χ2v) is 4.95. The maximum Gasteiger partial charge on any atom is 0.293 e. The topological polar surface area (TPSA) is 127 Å². The maximum absolute atomic E-state index is 11.6. The summed E-state index contributed by atoms with van der Waals surface area (Å²) in [6, 6.07) is 3.06. The van der Waals surface area contributed by atoms with Gasteiger partial charge in [0.05, 0.1) is 22.2 Å². The van der Waals surface area contributed by atoms with Crippen LogP contribution in [0, 0.1) is 10.1 Å². The first-order valence-corrected chi connectivity index (χ1v) is 6.22. The Labute approximate surface area is 113 Å². The number of nitrogens with zero attached hydrogens (tertiary/aromatic N) is 2. The molecule has 8 heteroatoms. The predicted octanol–water partition coefficient (Wildman–Crippen LogP) is 0.733. The lowest BCUT2D eigenvalue weighted by Crippen LogP contribution is -2.44. The fourth-order valence-electron chi connectivity index (χ4n) is 2.37. The van der Waals surface area contributed by atoms with Crippen LogP contribution in [-0.4, -0.2) is 27.0 Å². The molecular weight excluding hydrogens is 262 g/mol. The van der Waals surface area contributed by atoms with Crippen LogP contribution < -0.4 is 16.6 Å². The summed E-state index contributed by atoms with van der Waals surface area (Å²) in [6.45, 7) is 0. The van der Waals surface area contributed by atoms with E-state index in [1.807, 2.05) is 0 Å². The van der Waals surface area contributed by atoms with Crippen LogP contribution in [0.15, 0.2) is 23.3 Å². The van der Waals surface area contributed by atoms with Crippen molar-refractivity contribution < 1.29 is 4.92 Å². The summed E-state index contributed by atoms with van der Waals surface area (Å²) >= 11 is 0. The van der Waals surface area contributed by atoms with E-state index in [9.17, 15) is 14.9 Å². The van der Waals surface area contributed by atoms with Gasteiger partial charge in [0, 0.05) is 18.2 Å². The number of nitrogens with two attached hydrogens (primary N) is 1. The maximum atomic E-state index is 11.6. The van der Waals surface area contributed by atoms with E-state index in [0.717, 1.165) is 12.8 Å². The molecule has 8 nitrogen and oxygen atoms in total. The van der Waals surface area contributed by atoms with Crippen molar-refractivity contribution >= 4 is 22.3 Å². The summed E-state index contributed by atoms with van der Waals surface area (Å²) in [6.07, 6.45) is 2.83. The number of nitro benzene ring substituents is 1. The first-order valence-electron chi connectivity index (χ1n) is 6.22. The molecule has 0 amide bonds. The first-order chi connectivity index (χ1) is 9.54. The molecule has 3 rings (SSSR count). The van der Waals surface area contributed by atoms with E-state index in [2.05, 4.69) is 15.3 Å². The summed E-state index contributed by atoms with van der Waals surface area (Å²) in [4.78, 5) is 28.7. The summed E-state index contributed by atoms with van der Waals surface area (Å²) in [5, 5.41) is 14.4. The Morgan fingerprint density at radius 3 is 2.85 bits per heavy atom. The first kappa shape index (κ1) is 12.5. The molecule has 1 aromatic carbocycles. The average Bonchev–Trinajstić information content (AvgIpc) is 2.36. The summed E-state index contributed by atoms with van der Waals surface area (Å²) in [7, 11) is 0. The van der Waals surface area contributed by atoms with Crippen LogP contribution in [0.1, 0.15) is 12.8 Å². The van der Waals surface area contributed by atoms with Crippen molar-refractivity contribution in [1.29, 1.82) is 0 Å². The number of fused-ring (bicyclic) bond motifs is 1. The van der Waals surface area contributed by atoms with Gasteiger partial charge in [-0.15, -0.1) is 0 Å². The number of nitro groups is 1. The molecule has 0 bridgehead atoms. The van der Waals surface area contributed by atoms with Crippen LogP contribution in [0.5, 0.6) is 0 Å². The molecule has 1 fully saturated rings. The second-order valence-electron chi connectivity index (χ2n) is 4.95. The van der Waals surface area contributed by atoms with Crippen molar-refractivity contribution in [3.8, 4) is 0 Å². The number of H-pyrrole nitrogens is 1. The van der Waals surface area contributed by atoms with Crippen molar-refractivity contribution in [3.63, 3.8) is 0 Å². The van der Waals surface area contributed by atoms with Crippen molar-refractivity contribution in [1.82, 2.24) is 9.97 Å². The number of nitrogens with one attached hydrogen (secondary N) is 2. The minimum atomic E-state index is -0.507. The van der Waals surface area contributed by atoms with Crippen LogP contribution in [-0.2, 0) is 0 Å². The zero-order valence-corrected chi connectivity index (χ0v) is 10.5. The highest BCUT2D eigenvalue weighted by Crippen LogP contribution is 2.31. The van der Waals surface area contributed by atoms with Crippen molar-refractivity contribution in [2.24, 2.45) is 5.73 Å². The second kappa shape index (κ2) is 4.57. The zero-order chi connectivity index (χ0) is 14.3. The molecule has 0 spiro atoms. The predicted molar refractivity (Wildman–Crippen MR) is 73.6 cm³/mol. The molecule has 0 aliphatic heterocycles. The highest BCUT2D eigenvalue weighted by atomic mass is 16.6. The van der Waals surface area contributed by atoms with Gasteiger partial charge in [-0.05, 0) is 18.9 Å². The number of aromatic nitrogens is 2. The number of anilines is 1. The Hall–Kier alpha value is -2.48. The number of benzene rings is 1. The Bertz CT molecular complexity index is 735. The van der Waals surface area contributed by atoms with Gasteiger partial charge in [0.15, 0.2) is 0 Å². The molecule has 20 heavy (non-hydrogen) atoms. The molecule has 1 heterocycles. The largest absolute Gasteiger partial charge is 0.377 e. The van der Waals surface area contributed by atoms with Crippen molar-refractivity contribution in [2.75, 3.05) is 5.32 Å². The van der Waals surface area contributed by atoms with Gasteiger partial charge in [-0.2, -0.15) is 0 Å². The molecule has 4 N–H and O–H groups in total. The van der Waals surface area contributed by atoms with Gasteiger partial charge in [0.25, 0.3) is 11.2 Å². The Kier molecular flexibility index (Phi) is 2.87. The van der Waals surface area contributed by atoms with E-state index in [1.54, 1.807) is 0 Å². The summed E-state index contributed by atoms with van der Waals surface area (Å²) < 4.78 is 0. The van der Waals surface area contributed by atoms with Gasteiger partial charge in [0.1, 0.15) is 5.69 Å². The molecule has 1 aromatic heterocycles. The molecule has 0 atom stereocenters. The standard InChI is InChI=1S/C12H13N5O3/c13-6-1-7(2-6)16-10-4-9-8(3-11(10)17(19)20)12(18)15-5-14-9/h3-7,16H,1-2,13H2,(H,14,15,18). The highest BCUT2D eigenvalue weighted by Gasteiger charge is 2.28. The number of rotatable bonds is 3. The lowest BCUT2D eigenvalue weighted by Gasteiger charge is -2.33. The van der Waals surface area contributed by atoms with Crippen molar-refractivity contribution in [2.45, 2.75) is 24.9 Å². The zero-order valence-electron chi connectivity index (χ0n) is 10.5. The van der Waals surface area contributed by atoms with E-state index in [-0.39, 0.29) is 23.2 Å². The summed E-state index contributed by atoms with van der Waals surface area (Å²) in [5.74, 6) is 0. The number of hydrogen-bond acceptors (Lipinski definition) is 6. The van der Waals surface area contributed by atoms with Gasteiger partial charge in [-0.25, -0.2) is 4.98 Å². The number of aromatic amines is 1. The average molecular weight is 275 g/mol. The molecule has 0 unspecified atom stereocenters. The molecule has 2 aromatic rings. The van der Waals surface area contributed by atoms with Gasteiger partial charge in [0.2, 0.25) is 0 Å². The summed E-state index contributed by atoms with van der Waals surface area (Å²) in [5.41, 5.74) is 5.97. The van der Waals surface area contributed by atoms with E-state index in [0.29, 0.717) is 11.2 Å². The van der Waals surface area contributed by atoms with E-state index >= 15 is 0 Å². The van der Waals surface area contributed by atoms with Crippen LogP contribution in [0.3, 0.4) is 0 Å². The Balaban J connectivity index is 2.07. The van der Waals surface area contributed by atoms with E-state index < -0.39 is 10.5 Å². The molecule has 0 saturated heterocycles. The molecule has 104 valence electrons. The van der Waals surface area contributed by atoms with Crippen molar-refractivity contribution in [3.05, 3.63) is 38.9 Å². The molecule has 1 aliphatic rings. The number of hydrogen-bond donors (Lipinski definition) is 3. The monoisotopic (exact) mass is 275 g/mol. The molecule has 1 aliphatic carbocycles. The van der Waals surface area contributed by atoms with Gasteiger partial charge in [-0.1, -0.05) is 0 Å². The third kappa shape index (κ3) is 2.10. The minimum Gasteiger partial charge on any atom is -0.377 e. The minimum absolute atomic E-state index is 0.128. The molecule has 1 saturated carbocycles. The van der Waals surface area contributed by atoms with Crippen LogP contribution in [0.2, 0.25) is 0 Å². The Morgan fingerprint density at radius 2 is 2.20 bits per heavy atom. The lowest BCUT2D eigenvalue weighted by atomic mass is 9.87. The third-order valence-electron chi connectivity index (χ3n) is 3.49. The normalized spacial score (nSPS) is 21.4. The van der Waals surface area contributed by atoms with E-state index in [1.165, 1.54) is 18.5 Å². The quantitative estimate of drug-likeness (QED) is 0.560. The van der Waals surface area contributed by atoms with Crippen LogP contribution in [0.25, 0.3) is 10.9 Å². The fourth-order valence-corrected chi connectivity index (χ4v) is 2.37. The SMILES string of the molecule is NC1CC(Nc2cc3nc[nH]c(=O)c3cc2[N+](=O)[O-])C1. The highest BCUT2D eigenvalue weighted by molar-refractivity contribution is 5.86. The van der Waals surface area contributed by atoms with Gasteiger partial charge < -0.3 is 16.0 Å². The molecular formula is C12H13N5O3. The van der Waals surface area contributed by atoms with Crippen LogP contribution in [0.4, 0.5) is 11.4 Å². The van der Waals surface area contributed by atoms with Crippen LogP contribution >= 0.6 is 0 Å². The third-order valence-corrected chi connectivity index (χ3v) is 3.49. The lowest BCUT2D eigenvalue weighted by molar-refractivity contribution is -0.383. The van der Waals surface area contributed by atoms with E-state index in [4.69, 9.17) is 5.73 Å². The fraction of sp³-hybridized carbons (Fsp3) is 0.333. The Morgan fingerprint density at radius 1 is 1.45 bits per heavy atom. The van der Waals surface area contributed by atoms with Gasteiger partial charge in [-0.3, -0.25) is 14.9 Å².